The molecule has 0 aliphatic rings. The second kappa shape index (κ2) is 7.07. The number of aryl methyl sites for hydroxylation is 1. The van der Waals surface area contributed by atoms with E-state index in [1.165, 1.54) is 12.1 Å². The number of pyridine rings is 1. The standard InChI is InChI=1S/C19H18ClFN4/c1-4-12(2)25-13(3)23-18(16-9-10-22-11-17(16)20)19(25)24-15-7-5-14(21)6-8-15/h4-11,24H,1-3H3/b12-4-. The number of hydrogen-bond acceptors (Lipinski definition) is 3. The first kappa shape index (κ1) is 17.2. The number of rotatable bonds is 4. The third-order valence-electron chi connectivity index (χ3n) is 3.95. The predicted molar refractivity (Wildman–Crippen MR) is 101 cm³/mol. The van der Waals surface area contributed by atoms with Gasteiger partial charge in [0.15, 0.2) is 0 Å². The van der Waals surface area contributed by atoms with Gasteiger partial charge >= 0.3 is 0 Å². The summed E-state index contributed by atoms with van der Waals surface area (Å²) in [6.45, 7) is 5.90. The lowest BCUT2D eigenvalue weighted by molar-refractivity contribution is 0.628. The highest BCUT2D eigenvalue weighted by Crippen LogP contribution is 2.36. The van der Waals surface area contributed by atoms with Crippen molar-refractivity contribution in [3.63, 3.8) is 0 Å². The Kier molecular flexibility index (Phi) is 4.86. The number of nitrogens with zero attached hydrogens (tertiary/aromatic N) is 3. The van der Waals surface area contributed by atoms with Crippen molar-refractivity contribution < 1.29 is 4.39 Å². The van der Waals surface area contributed by atoms with Crippen LogP contribution in [0.25, 0.3) is 17.0 Å². The average molecular weight is 357 g/mol. The summed E-state index contributed by atoms with van der Waals surface area (Å²) in [7, 11) is 0. The molecule has 0 radical (unpaired) electrons. The van der Waals surface area contributed by atoms with Gasteiger partial charge in [-0.1, -0.05) is 17.7 Å². The molecule has 0 aliphatic carbocycles. The van der Waals surface area contributed by atoms with E-state index < -0.39 is 0 Å². The molecule has 6 heteroatoms. The molecule has 0 spiro atoms. The molecule has 128 valence electrons. The Bertz CT molecular complexity index is 929. The van der Waals surface area contributed by atoms with Gasteiger partial charge in [0.1, 0.15) is 23.2 Å². The Labute approximate surface area is 151 Å². The fourth-order valence-corrected chi connectivity index (χ4v) is 2.84. The van der Waals surface area contributed by atoms with Gasteiger partial charge in [0.2, 0.25) is 0 Å². The van der Waals surface area contributed by atoms with Crippen molar-refractivity contribution in [1.82, 2.24) is 14.5 Å². The van der Waals surface area contributed by atoms with Gasteiger partial charge in [0.25, 0.3) is 0 Å². The highest BCUT2D eigenvalue weighted by Gasteiger charge is 2.19. The molecule has 2 heterocycles. The van der Waals surface area contributed by atoms with Crippen LogP contribution in [-0.2, 0) is 0 Å². The van der Waals surface area contributed by atoms with Crippen LogP contribution >= 0.6 is 11.6 Å². The molecule has 0 saturated heterocycles. The highest BCUT2D eigenvalue weighted by atomic mass is 35.5. The molecule has 0 atom stereocenters. The van der Waals surface area contributed by atoms with Gasteiger partial charge in [-0.25, -0.2) is 9.37 Å². The summed E-state index contributed by atoms with van der Waals surface area (Å²) in [6.07, 6.45) is 5.28. The van der Waals surface area contributed by atoms with Crippen LogP contribution in [0.1, 0.15) is 19.7 Å². The fraction of sp³-hybridized carbons (Fsp3) is 0.158. The monoisotopic (exact) mass is 356 g/mol. The van der Waals surface area contributed by atoms with Crippen LogP contribution in [0.3, 0.4) is 0 Å². The Hall–Kier alpha value is -2.66. The maximum absolute atomic E-state index is 13.2. The SMILES string of the molecule is C/C=C(/C)n1c(C)nc(-c2ccncc2Cl)c1Nc1ccc(F)cc1. The largest absolute Gasteiger partial charge is 0.339 e. The second-order valence-corrected chi connectivity index (χ2v) is 6.02. The number of allylic oxidation sites excluding steroid dienone is 2. The minimum atomic E-state index is -0.280. The molecule has 3 aromatic rings. The molecule has 0 fully saturated rings. The molecule has 3 rings (SSSR count). The van der Waals surface area contributed by atoms with Gasteiger partial charge in [-0.3, -0.25) is 9.55 Å². The van der Waals surface area contributed by atoms with Crippen molar-refractivity contribution in [2.45, 2.75) is 20.8 Å². The van der Waals surface area contributed by atoms with Gasteiger partial charge < -0.3 is 5.32 Å². The molecule has 1 N–H and O–H groups in total. The smallest absolute Gasteiger partial charge is 0.143 e. The molecule has 2 aromatic heterocycles. The number of imidazole rings is 1. The van der Waals surface area contributed by atoms with E-state index in [0.29, 0.717) is 5.02 Å². The zero-order valence-corrected chi connectivity index (χ0v) is 15.0. The van der Waals surface area contributed by atoms with Crippen molar-refractivity contribution in [1.29, 1.82) is 0 Å². The van der Waals surface area contributed by atoms with E-state index in [1.54, 1.807) is 24.5 Å². The highest BCUT2D eigenvalue weighted by molar-refractivity contribution is 6.33. The fourth-order valence-electron chi connectivity index (χ4n) is 2.63. The molecule has 0 bridgehead atoms. The molecule has 0 saturated carbocycles. The van der Waals surface area contributed by atoms with Crippen molar-refractivity contribution in [3.8, 4) is 11.3 Å². The quantitative estimate of drug-likeness (QED) is 0.654. The Morgan fingerprint density at radius 2 is 1.96 bits per heavy atom. The van der Waals surface area contributed by atoms with E-state index in [1.807, 2.05) is 37.5 Å². The van der Waals surface area contributed by atoms with Gasteiger partial charge in [-0.15, -0.1) is 0 Å². The van der Waals surface area contributed by atoms with Crippen LogP contribution < -0.4 is 5.32 Å². The molecule has 1 aromatic carbocycles. The van der Waals surface area contributed by atoms with Gasteiger partial charge in [-0.2, -0.15) is 0 Å². The van der Waals surface area contributed by atoms with Crippen molar-refractivity contribution in [2.24, 2.45) is 0 Å². The normalized spacial score (nSPS) is 11.6. The number of benzene rings is 1. The molecular weight excluding hydrogens is 339 g/mol. The molecule has 0 amide bonds. The summed E-state index contributed by atoms with van der Waals surface area (Å²) in [5, 5.41) is 3.86. The summed E-state index contributed by atoms with van der Waals surface area (Å²) < 4.78 is 15.2. The molecule has 25 heavy (non-hydrogen) atoms. The zero-order chi connectivity index (χ0) is 18.0. The van der Waals surface area contributed by atoms with Crippen molar-refractivity contribution in [3.05, 3.63) is 65.5 Å². The first-order valence-corrected chi connectivity index (χ1v) is 8.24. The lowest BCUT2D eigenvalue weighted by Crippen LogP contribution is -2.03. The zero-order valence-electron chi connectivity index (χ0n) is 14.2. The lowest BCUT2D eigenvalue weighted by atomic mass is 10.2. The van der Waals surface area contributed by atoms with E-state index in [0.717, 1.165) is 34.3 Å². The number of halogens is 2. The molecular formula is C19H18ClFN4. The number of hydrogen-bond donors (Lipinski definition) is 1. The first-order valence-electron chi connectivity index (χ1n) is 7.86. The Morgan fingerprint density at radius 3 is 2.60 bits per heavy atom. The van der Waals surface area contributed by atoms with E-state index in [2.05, 4.69) is 10.3 Å². The maximum Gasteiger partial charge on any atom is 0.143 e. The van der Waals surface area contributed by atoms with E-state index in [4.69, 9.17) is 16.6 Å². The van der Waals surface area contributed by atoms with Crippen LogP contribution in [0.2, 0.25) is 5.02 Å². The number of anilines is 2. The Morgan fingerprint density at radius 1 is 1.24 bits per heavy atom. The van der Waals surface area contributed by atoms with E-state index >= 15 is 0 Å². The summed E-state index contributed by atoms with van der Waals surface area (Å²) in [6, 6.07) is 8.03. The number of aromatic nitrogens is 3. The lowest BCUT2D eigenvalue weighted by Gasteiger charge is -2.14. The Balaban J connectivity index is 2.19. The summed E-state index contributed by atoms with van der Waals surface area (Å²) >= 11 is 6.33. The molecule has 0 unspecified atom stereocenters. The minimum Gasteiger partial charge on any atom is -0.339 e. The topological polar surface area (TPSA) is 42.7 Å². The number of nitrogens with one attached hydrogen (secondary N) is 1. The second-order valence-electron chi connectivity index (χ2n) is 5.61. The van der Waals surface area contributed by atoms with E-state index in [-0.39, 0.29) is 5.82 Å². The summed E-state index contributed by atoms with van der Waals surface area (Å²) in [4.78, 5) is 8.73. The van der Waals surface area contributed by atoms with Crippen LogP contribution in [0.15, 0.2) is 48.8 Å². The van der Waals surface area contributed by atoms with E-state index in [9.17, 15) is 4.39 Å². The van der Waals surface area contributed by atoms with Crippen LogP contribution in [0.4, 0.5) is 15.9 Å². The third kappa shape index (κ3) is 3.42. The minimum absolute atomic E-state index is 0.280. The van der Waals surface area contributed by atoms with Crippen LogP contribution in [-0.4, -0.2) is 14.5 Å². The van der Waals surface area contributed by atoms with Gasteiger partial charge in [0.05, 0.1) is 5.02 Å². The average Bonchev–Trinajstić information content (AvgIpc) is 2.92. The summed E-state index contributed by atoms with van der Waals surface area (Å²) in [5.74, 6) is 1.31. The van der Waals surface area contributed by atoms with Gasteiger partial charge in [-0.05, 0) is 51.1 Å². The van der Waals surface area contributed by atoms with Gasteiger partial charge in [0, 0.05) is 29.3 Å². The van der Waals surface area contributed by atoms with Crippen molar-refractivity contribution >= 4 is 28.8 Å². The molecule has 0 aliphatic heterocycles. The predicted octanol–water partition coefficient (Wildman–Crippen LogP) is 5.67. The molecule has 4 nitrogen and oxygen atoms in total. The van der Waals surface area contributed by atoms with Crippen LogP contribution in [0, 0.1) is 12.7 Å². The summed E-state index contributed by atoms with van der Waals surface area (Å²) in [5.41, 5.74) is 3.28. The van der Waals surface area contributed by atoms with Crippen LogP contribution in [0.5, 0.6) is 0 Å². The van der Waals surface area contributed by atoms with Crippen molar-refractivity contribution in [2.75, 3.05) is 5.32 Å². The maximum atomic E-state index is 13.2. The first-order chi connectivity index (χ1) is 12.0. The third-order valence-corrected chi connectivity index (χ3v) is 4.25.